The Labute approximate surface area is 159 Å². The van der Waals surface area contributed by atoms with E-state index in [9.17, 15) is 9.59 Å². The summed E-state index contributed by atoms with van der Waals surface area (Å²) in [6.45, 7) is 17.5. The van der Waals surface area contributed by atoms with Gasteiger partial charge in [-0.15, -0.1) is 0 Å². The molecule has 1 unspecified atom stereocenters. The molecule has 5 nitrogen and oxygen atoms in total. The van der Waals surface area contributed by atoms with Crippen LogP contribution in [0.25, 0.3) is 0 Å². The molecule has 0 aromatic carbocycles. The maximum atomic E-state index is 12.4. The summed E-state index contributed by atoms with van der Waals surface area (Å²) in [5.41, 5.74) is -0.394. The van der Waals surface area contributed by atoms with Crippen molar-refractivity contribution in [3.63, 3.8) is 0 Å². The quantitative estimate of drug-likeness (QED) is 0.521. The molecule has 26 heavy (non-hydrogen) atoms. The van der Waals surface area contributed by atoms with Crippen LogP contribution in [0.3, 0.4) is 0 Å². The fourth-order valence-electron chi connectivity index (χ4n) is 3.80. The lowest BCUT2D eigenvalue weighted by molar-refractivity contribution is -0.122. The van der Waals surface area contributed by atoms with Gasteiger partial charge in [0.05, 0.1) is 6.04 Å². The summed E-state index contributed by atoms with van der Waals surface area (Å²) in [4.78, 5) is 25.6. The minimum atomic E-state index is -1.76. The fourth-order valence-corrected chi connectivity index (χ4v) is 5.16. The van der Waals surface area contributed by atoms with Crippen LogP contribution in [0, 0.1) is 5.41 Å². The van der Waals surface area contributed by atoms with E-state index in [1.807, 2.05) is 20.8 Å². The normalized spacial score (nSPS) is 30.1. The lowest BCUT2D eigenvalue weighted by atomic mass is 9.60. The summed E-state index contributed by atoms with van der Waals surface area (Å²) in [6.07, 6.45) is 4.50. The first-order chi connectivity index (χ1) is 11.7. The monoisotopic (exact) mass is 383 g/mol. The van der Waals surface area contributed by atoms with Crippen LogP contribution >= 0.6 is 0 Å². The van der Waals surface area contributed by atoms with Gasteiger partial charge in [-0.25, -0.2) is 4.79 Å². The van der Waals surface area contributed by atoms with Crippen LogP contribution in [-0.4, -0.2) is 49.9 Å². The van der Waals surface area contributed by atoms with Gasteiger partial charge in [0.25, 0.3) is 0 Å². The van der Waals surface area contributed by atoms with Crippen molar-refractivity contribution in [3.05, 3.63) is 0 Å². The highest BCUT2D eigenvalue weighted by Gasteiger charge is 2.52. The number of amides is 1. The van der Waals surface area contributed by atoms with Gasteiger partial charge in [0.1, 0.15) is 11.9 Å². The van der Waals surface area contributed by atoms with Crippen LogP contribution in [0.1, 0.15) is 67.2 Å². The number of nitrogens with zero attached hydrogens (tertiary/aromatic N) is 1. The molecule has 1 aliphatic heterocycles. The molecule has 150 valence electrons. The van der Waals surface area contributed by atoms with E-state index in [1.165, 1.54) is 0 Å². The number of carbonyl (C=O) groups excluding carboxylic acids is 2. The van der Waals surface area contributed by atoms with Gasteiger partial charge in [-0.1, -0.05) is 20.8 Å². The molecule has 1 heterocycles. The zero-order valence-electron chi connectivity index (χ0n) is 17.8. The van der Waals surface area contributed by atoms with Crippen molar-refractivity contribution >= 4 is 20.7 Å². The molecule has 1 saturated carbocycles. The molecule has 0 N–H and O–H groups in total. The SMILES string of the molecule is CC(C)(C)OC(=O)N1CCC2(CC(O[Si](C)(C)C(C)(C)C)C2)CC1C=O. The predicted octanol–water partition coefficient (Wildman–Crippen LogP) is 4.76. The summed E-state index contributed by atoms with van der Waals surface area (Å²) >= 11 is 0. The Balaban J connectivity index is 1.94. The number of rotatable bonds is 3. The Morgan fingerprint density at radius 3 is 2.15 bits per heavy atom. The lowest BCUT2D eigenvalue weighted by Crippen LogP contribution is -2.58. The van der Waals surface area contributed by atoms with E-state index in [4.69, 9.17) is 9.16 Å². The standard InChI is InChI=1S/C20H37NO4Si/c1-18(2,3)24-17(23)21-10-9-20(11-15(21)14-22)12-16(13-20)25-26(7,8)19(4,5)6/h14-16H,9-13H2,1-8H3. The van der Waals surface area contributed by atoms with Crippen LogP contribution in [0.2, 0.25) is 18.1 Å². The molecule has 2 fully saturated rings. The smallest absolute Gasteiger partial charge is 0.410 e. The molecule has 0 radical (unpaired) electrons. The number of carbonyl (C=O) groups is 2. The summed E-state index contributed by atoms with van der Waals surface area (Å²) in [6, 6.07) is -0.382. The summed E-state index contributed by atoms with van der Waals surface area (Å²) in [5, 5.41) is 0.209. The van der Waals surface area contributed by atoms with Gasteiger partial charge >= 0.3 is 6.09 Å². The maximum absolute atomic E-state index is 12.4. The highest BCUT2D eigenvalue weighted by molar-refractivity contribution is 6.74. The van der Waals surface area contributed by atoms with Gasteiger partial charge < -0.3 is 14.0 Å². The van der Waals surface area contributed by atoms with E-state index in [1.54, 1.807) is 4.90 Å². The van der Waals surface area contributed by atoms with E-state index in [0.717, 1.165) is 32.0 Å². The van der Waals surface area contributed by atoms with E-state index in [2.05, 4.69) is 33.9 Å². The topological polar surface area (TPSA) is 55.8 Å². The molecule has 1 amide bonds. The first-order valence-electron chi connectivity index (χ1n) is 9.81. The maximum Gasteiger partial charge on any atom is 0.410 e. The van der Waals surface area contributed by atoms with Gasteiger partial charge in [-0.3, -0.25) is 4.90 Å². The highest BCUT2D eigenvalue weighted by Crippen LogP contribution is 2.53. The van der Waals surface area contributed by atoms with E-state index in [-0.39, 0.29) is 22.6 Å². The summed E-state index contributed by atoms with van der Waals surface area (Å²) < 4.78 is 12.0. The largest absolute Gasteiger partial charge is 0.444 e. The van der Waals surface area contributed by atoms with Gasteiger partial charge in [-0.05, 0) is 70.0 Å². The van der Waals surface area contributed by atoms with E-state index < -0.39 is 13.9 Å². The van der Waals surface area contributed by atoms with E-state index >= 15 is 0 Å². The molecule has 2 rings (SSSR count). The Bertz CT molecular complexity index is 541. The third kappa shape index (κ3) is 4.69. The van der Waals surface area contributed by atoms with Crippen molar-refractivity contribution in [2.75, 3.05) is 6.54 Å². The number of aldehydes is 1. The van der Waals surface area contributed by atoms with Crippen LogP contribution in [-0.2, 0) is 14.0 Å². The molecule has 6 heteroatoms. The average molecular weight is 384 g/mol. The van der Waals surface area contributed by atoms with Gasteiger partial charge in [0, 0.05) is 12.6 Å². The van der Waals surface area contributed by atoms with Crippen molar-refractivity contribution in [1.82, 2.24) is 4.90 Å². The third-order valence-electron chi connectivity index (χ3n) is 6.30. The van der Waals surface area contributed by atoms with Crippen molar-refractivity contribution < 1.29 is 18.8 Å². The first kappa shape index (κ1) is 21.4. The molecule has 1 atom stereocenters. The number of ether oxygens (including phenoxy) is 1. The molecular formula is C20H37NO4Si. The van der Waals surface area contributed by atoms with Crippen LogP contribution < -0.4 is 0 Å². The number of likely N-dealkylation sites (tertiary alicyclic amines) is 1. The first-order valence-corrected chi connectivity index (χ1v) is 12.7. The molecule has 1 aliphatic carbocycles. The van der Waals surface area contributed by atoms with Crippen molar-refractivity contribution in [2.45, 2.75) is 103 Å². The molecule has 1 saturated heterocycles. The molecule has 1 spiro atoms. The molecular weight excluding hydrogens is 346 g/mol. The van der Waals surface area contributed by atoms with Crippen molar-refractivity contribution in [1.29, 1.82) is 0 Å². The van der Waals surface area contributed by atoms with Crippen LogP contribution in [0.4, 0.5) is 4.79 Å². The zero-order chi connectivity index (χ0) is 20.0. The number of hydrogen-bond donors (Lipinski definition) is 0. The second-order valence-electron chi connectivity index (χ2n) is 10.7. The molecule has 0 aromatic heterocycles. The second kappa shape index (κ2) is 6.93. The van der Waals surface area contributed by atoms with Crippen molar-refractivity contribution in [2.24, 2.45) is 5.41 Å². The number of hydrogen-bond acceptors (Lipinski definition) is 4. The van der Waals surface area contributed by atoms with Crippen LogP contribution in [0.15, 0.2) is 0 Å². The van der Waals surface area contributed by atoms with Gasteiger partial charge in [0.15, 0.2) is 8.32 Å². The van der Waals surface area contributed by atoms with Gasteiger partial charge in [-0.2, -0.15) is 0 Å². The third-order valence-corrected chi connectivity index (χ3v) is 10.8. The fraction of sp³-hybridized carbons (Fsp3) is 0.900. The Morgan fingerprint density at radius 2 is 1.69 bits per heavy atom. The van der Waals surface area contributed by atoms with Gasteiger partial charge in [0.2, 0.25) is 0 Å². The highest BCUT2D eigenvalue weighted by atomic mass is 28.4. The number of piperidine rings is 1. The van der Waals surface area contributed by atoms with Crippen LogP contribution in [0.5, 0.6) is 0 Å². The van der Waals surface area contributed by atoms with Crippen molar-refractivity contribution in [3.8, 4) is 0 Å². The lowest BCUT2D eigenvalue weighted by Gasteiger charge is -2.55. The average Bonchev–Trinajstić information content (AvgIpc) is 2.41. The minimum Gasteiger partial charge on any atom is -0.444 e. The summed E-state index contributed by atoms with van der Waals surface area (Å²) in [5.74, 6) is 0. The predicted molar refractivity (Wildman–Crippen MR) is 106 cm³/mol. The minimum absolute atomic E-state index is 0.150. The Hall–Kier alpha value is -0.883. The Kier molecular flexibility index (Phi) is 5.71. The summed E-state index contributed by atoms with van der Waals surface area (Å²) in [7, 11) is -1.76. The van der Waals surface area contributed by atoms with E-state index in [0.29, 0.717) is 12.6 Å². The molecule has 2 aliphatic rings. The zero-order valence-corrected chi connectivity index (χ0v) is 18.8. The Morgan fingerprint density at radius 1 is 1.12 bits per heavy atom. The molecule has 0 aromatic rings. The second-order valence-corrected chi connectivity index (χ2v) is 15.5. The molecule has 0 bridgehead atoms.